The number of carbonyl (C=O) groups is 3. The lowest BCUT2D eigenvalue weighted by Crippen LogP contribution is -2.23. The van der Waals surface area contributed by atoms with Crippen LogP contribution in [0.1, 0.15) is 40.1 Å². The fourth-order valence-corrected chi connectivity index (χ4v) is 3.89. The number of carbonyl (C=O) groups excluding carboxylic acids is 3. The molecule has 0 aliphatic rings. The van der Waals surface area contributed by atoms with Gasteiger partial charge in [-0.2, -0.15) is 10.3 Å². The molecule has 0 saturated carbocycles. The summed E-state index contributed by atoms with van der Waals surface area (Å²) in [5, 5.41) is 8.91. The molecule has 0 N–H and O–H groups in total. The summed E-state index contributed by atoms with van der Waals surface area (Å²) in [6.45, 7) is 3.78. The fraction of sp³-hybridized carbons (Fsp3) is 0.227. The molecule has 0 bridgehead atoms. The Morgan fingerprint density at radius 2 is 1.71 bits per heavy atom. The van der Waals surface area contributed by atoms with E-state index in [1.165, 1.54) is 35.6 Å². The van der Waals surface area contributed by atoms with Crippen molar-refractivity contribution < 1.29 is 23.9 Å². The number of thiazole rings is 1. The van der Waals surface area contributed by atoms with Crippen molar-refractivity contribution in [2.24, 2.45) is 4.99 Å². The number of hydrogen-bond acceptors (Lipinski definition) is 7. The molecule has 1 heterocycles. The van der Waals surface area contributed by atoms with Crippen LogP contribution in [0.2, 0.25) is 0 Å². The van der Waals surface area contributed by atoms with Crippen LogP contribution in [0.3, 0.4) is 0 Å². The molecular formula is C22H19N3O5S. The second-order valence-corrected chi connectivity index (χ2v) is 7.29. The van der Waals surface area contributed by atoms with E-state index in [0.29, 0.717) is 31.7 Å². The van der Waals surface area contributed by atoms with Crippen molar-refractivity contribution in [3.8, 4) is 6.07 Å². The Morgan fingerprint density at radius 1 is 1.03 bits per heavy atom. The van der Waals surface area contributed by atoms with Gasteiger partial charge in [0.25, 0.3) is 5.91 Å². The van der Waals surface area contributed by atoms with Crippen molar-refractivity contribution in [1.82, 2.24) is 4.57 Å². The van der Waals surface area contributed by atoms with E-state index in [9.17, 15) is 14.4 Å². The Kier molecular flexibility index (Phi) is 6.95. The molecule has 0 aliphatic carbocycles. The number of aromatic nitrogens is 1. The van der Waals surface area contributed by atoms with Crippen LogP contribution < -0.4 is 4.80 Å². The fourth-order valence-electron chi connectivity index (χ4n) is 2.83. The average Bonchev–Trinajstić information content (AvgIpc) is 3.10. The van der Waals surface area contributed by atoms with Crippen molar-refractivity contribution in [3.63, 3.8) is 0 Å². The minimum absolute atomic E-state index is 0.133. The summed E-state index contributed by atoms with van der Waals surface area (Å²) in [7, 11) is 0. The number of hydrogen-bond donors (Lipinski definition) is 0. The van der Waals surface area contributed by atoms with Gasteiger partial charge in [0, 0.05) is 5.56 Å². The summed E-state index contributed by atoms with van der Waals surface area (Å²) in [5.41, 5.74) is 1.75. The SMILES string of the molecule is CCOC(=O)Cn1c(=NC(=O)c2ccc(C#N)cc2)sc2cc(C(=O)OCC)ccc21. The zero-order chi connectivity index (χ0) is 22.4. The van der Waals surface area contributed by atoms with Gasteiger partial charge in [-0.1, -0.05) is 11.3 Å². The smallest absolute Gasteiger partial charge is 0.338 e. The lowest BCUT2D eigenvalue weighted by molar-refractivity contribution is -0.143. The van der Waals surface area contributed by atoms with Crippen molar-refractivity contribution in [1.29, 1.82) is 5.26 Å². The molecule has 3 aromatic rings. The maximum absolute atomic E-state index is 12.7. The molecule has 31 heavy (non-hydrogen) atoms. The normalized spacial score (nSPS) is 11.2. The van der Waals surface area contributed by atoms with Crippen molar-refractivity contribution in [3.05, 3.63) is 64.0 Å². The van der Waals surface area contributed by atoms with Gasteiger partial charge in [-0.05, 0) is 56.3 Å². The molecule has 0 unspecified atom stereocenters. The molecule has 0 fully saturated rings. The first kappa shape index (κ1) is 21.9. The molecule has 9 heteroatoms. The number of benzene rings is 2. The molecule has 0 atom stereocenters. The van der Waals surface area contributed by atoms with Crippen molar-refractivity contribution in [2.75, 3.05) is 13.2 Å². The molecular weight excluding hydrogens is 418 g/mol. The maximum atomic E-state index is 12.7. The molecule has 0 radical (unpaired) electrons. The van der Waals surface area contributed by atoms with Gasteiger partial charge < -0.3 is 14.0 Å². The van der Waals surface area contributed by atoms with Crippen LogP contribution in [0.25, 0.3) is 10.2 Å². The molecule has 8 nitrogen and oxygen atoms in total. The molecule has 1 amide bonds. The Balaban J connectivity index is 2.09. The Hall–Kier alpha value is -3.77. The second kappa shape index (κ2) is 9.82. The Morgan fingerprint density at radius 3 is 2.35 bits per heavy atom. The van der Waals surface area contributed by atoms with E-state index in [1.807, 2.05) is 6.07 Å². The average molecular weight is 437 g/mol. The quantitative estimate of drug-likeness (QED) is 0.548. The molecule has 1 aromatic heterocycles. The maximum Gasteiger partial charge on any atom is 0.338 e. The predicted molar refractivity (Wildman–Crippen MR) is 113 cm³/mol. The summed E-state index contributed by atoms with van der Waals surface area (Å²) in [4.78, 5) is 41.3. The first-order valence-electron chi connectivity index (χ1n) is 9.52. The molecule has 2 aromatic carbocycles. The highest BCUT2D eigenvalue weighted by molar-refractivity contribution is 7.16. The zero-order valence-electron chi connectivity index (χ0n) is 17.0. The van der Waals surface area contributed by atoms with Crippen molar-refractivity contribution >= 4 is 39.4 Å². The third kappa shape index (κ3) is 5.05. The summed E-state index contributed by atoms with van der Waals surface area (Å²) in [6.07, 6.45) is 0. The monoisotopic (exact) mass is 437 g/mol. The van der Waals surface area contributed by atoms with Crippen LogP contribution >= 0.6 is 11.3 Å². The predicted octanol–water partition coefficient (Wildman–Crippen LogP) is 3.06. The van der Waals surface area contributed by atoms with Gasteiger partial charge in [-0.25, -0.2) is 4.79 Å². The lowest BCUT2D eigenvalue weighted by Gasteiger charge is -2.06. The highest BCUT2D eigenvalue weighted by Gasteiger charge is 2.15. The van der Waals surface area contributed by atoms with Gasteiger partial charge >= 0.3 is 11.9 Å². The number of rotatable bonds is 6. The van der Waals surface area contributed by atoms with Gasteiger partial charge in [0.05, 0.1) is 40.6 Å². The standard InChI is InChI=1S/C22H19N3O5S/c1-3-29-19(26)13-25-17-10-9-16(21(28)30-4-2)11-18(17)31-22(25)24-20(27)15-7-5-14(12-23)6-8-15/h5-11H,3-4,13H2,1-2H3. The topological polar surface area (TPSA) is 111 Å². The molecule has 0 spiro atoms. The van der Waals surface area contributed by atoms with E-state index in [1.54, 1.807) is 36.6 Å². The number of fused-ring (bicyclic) bond motifs is 1. The first-order chi connectivity index (χ1) is 15.0. The summed E-state index contributed by atoms with van der Waals surface area (Å²) >= 11 is 1.17. The van der Waals surface area contributed by atoms with Crippen LogP contribution in [-0.4, -0.2) is 35.6 Å². The van der Waals surface area contributed by atoms with Crippen LogP contribution in [0.4, 0.5) is 0 Å². The molecule has 0 aliphatic heterocycles. The van der Waals surface area contributed by atoms with E-state index in [-0.39, 0.29) is 19.8 Å². The lowest BCUT2D eigenvalue weighted by atomic mass is 10.1. The number of amides is 1. The highest BCUT2D eigenvalue weighted by Crippen LogP contribution is 2.20. The van der Waals surface area contributed by atoms with Crippen LogP contribution in [0.15, 0.2) is 47.5 Å². The zero-order valence-corrected chi connectivity index (χ0v) is 17.8. The van der Waals surface area contributed by atoms with Gasteiger partial charge in [-0.3, -0.25) is 9.59 Å². The first-order valence-corrected chi connectivity index (χ1v) is 10.3. The number of nitrogens with zero attached hydrogens (tertiary/aromatic N) is 3. The van der Waals surface area contributed by atoms with Gasteiger partial charge in [0.2, 0.25) is 0 Å². The number of nitriles is 1. The second-order valence-electron chi connectivity index (χ2n) is 6.28. The summed E-state index contributed by atoms with van der Waals surface area (Å²) < 4.78 is 12.3. The van der Waals surface area contributed by atoms with Gasteiger partial charge in [0.1, 0.15) is 6.54 Å². The molecule has 158 valence electrons. The van der Waals surface area contributed by atoms with Crippen molar-refractivity contribution in [2.45, 2.75) is 20.4 Å². The van der Waals surface area contributed by atoms with E-state index >= 15 is 0 Å². The van der Waals surface area contributed by atoms with Crippen LogP contribution in [0.5, 0.6) is 0 Å². The van der Waals surface area contributed by atoms with E-state index < -0.39 is 17.8 Å². The third-order valence-electron chi connectivity index (χ3n) is 4.24. The number of esters is 2. The van der Waals surface area contributed by atoms with E-state index in [4.69, 9.17) is 14.7 Å². The molecule has 3 rings (SSSR count). The van der Waals surface area contributed by atoms with Crippen LogP contribution in [-0.2, 0) is 20.8 Å². The van der Waals surface area contributed by atoms with E-state index in [2.05, 4.69) is 4.99 Å². The number of ether oxygens (including phenoxy) is 2. The van der Waals surface area contributed by atoms with Gasteiger partial charge in [0.15, 0.2) is 4.80 Å². The Bertz CT molecular complexity index is 1250. The molecule has 0 saturated heterocycles. The minimum atomic E-state index is -0.515. The third-order valence-corrected chi connectivity index (χ3v) is 5.29. The Labute approximate surface area is 182 Å². The van der Waals surface area contributed by atoms with E-state index in [0.717, 1.165) is 0 Å². The largest absolute Gasteiger partial charge is 0.465 e. The highest BCUT2D eigenvalue weighted by atomic mass is 32.1. The minimum Gasteiger partial charge on any atom is -0.465 e. The summed E-state index contributed by atoms with van der Waals surface area (Å²) in [6, 6.07) is 13.0. The summed E-state index contributed by atoms with van der Waals surface area (Å²) in [5.74, 6) is -1.44. The van der Waals surface area contributed by atoms with Gasteiger partial charge in [-0.15, -0.1) is 0 Å². The van der Waals surface area contributed by atoms with Crippen LogP contribution in [0, 0.1) is 11.3 Å².